The van der Waals surface area contributed by atoms with Crippen LogP contribution in [0.25, 0.3) is 0 Å². The molecule has 149 valence electrons. The molecule has 27 heavy (non-hydrogen) atoms. The average molecular weight is 370 g/mol. The maximum atomic E-state index is 12.7. The van der Waals surface area contributed by atoms with E-state index in [-0.39, 0.29) is 10.8 Å². The second-order valence-electron chi connectivity index (χ2n) is 11.7. The van der Waals surface area contributed by atoms with Crippen molar-refractivity contribution in [3.63, 3.8) is 0 Å². The maximum absolute atomic E-state index is 12.7. The van der Waals surface area contributed by atoms with Crippen LogP contribution in [-0.2, 0) is 4.79 Å². The highest BCUT2D eigenvalue weighted by Crippen LogP contribution is 2.80. The van der Waals surface area contributed by atoms with E-state index in [9.17, 15) is 9.90 Å². The third kappa shape index (κ3) is 1.96. The number of allylic oxidation sites excluding steroid dienone is 1. The van der Waals surface area contributed by atoms with Crippen LogP contribution in [0.5, 0.6) is 0 Å². The molecule has 0 aromatic carbocycles. The molecule has 0 amide bonds. The summed E-state index contributed by atoms with van der Waals surface area (Å²) >= 11 is 0. The Hall–Kier alpha value is -0.790. The Labute approximate surface area is 165 Å². The topological polar surface area (TPSA) is 37.3 Å². The van der Waals surface area contributed by atoms with Gasteiger partial charge in [0, 0.05) is 16.9 Å². The Morgan fingerprint density at radius 2 is 1.81 bits per heavy atom. The molecule has 4 saturated carbocycles. The van der Waals surface area contributed by atoms with Gasteiger partial charge in [-0.25, -0.2) is 4.79 Å². The standard InChI is InChI=1S/C25H37O2/c1-14(2)16-7-9-23(4)13-20-17(12-19(16)23)21(22(26)27)25-11-6-15(3)18(25)8-10-24(20,25)5/h14-16,18-19H,6-13H2,1-5H3,(H,26,27)/t15-,16+,18+,19+,23-,24+,25?/m1/s1. The van der Waals surface area contributed by atoms with Crippen LogP contribution in [0.1, 0.15) is 86.0 Å². The SMILES string of the molecule is CC(C)[C@@H]1CC[C@]2(C)C[C]3C(=C(C(=O)O)C45CC[C@@H](C)[C@@H]4CC[C@@]35C)C[C@@H]12. The molecule has 7 atom stereocenters. The van der Waals surface area contributed by atoms with Gasteiger partial charge in [-0.05, 0) is 91.8 Å². The van der Waals surface area contributed by atoms with Crippen LogP contribution in [0.2, 0.25) is 0 Å². The Morgan fingerprint density at radius 3 is 2.48 bits per heavy atom. The van der Waals surface area contributed by atoms with Crippen molar-refractivity contribution in [2.75, 3.05) is 0 Å². The van der Waals surface area contributed by atoms with Gasteiger partial charge < -0.3 is 5.11 Å². The number of fused-ring (bicyclic) bond motifs is 3. The summed E-state index contributed by atoms with van der Waals surface area (Å²) in [6.07, 6.45) is 9.67. The van der Waals surface area contributed by atoms with E-state index in [2.05, 4.69) is 34.6 Å². The summed E-state index contributed by atoms with van der Waals surface area (Å²) in [7, 11) is 0. The first-order chi connectivity index (χ1) is 12.7. The maximum Gasteiger partial charge on any atom is 0.332 e. The molecule has 1 unspecified atom stereocenters. The summed E-state index contributed by atoms with van der Waals surface area (Å²) in [5, 5.41) is 10.5. The zero-order valence-electron chi connectivity index (χ0n) is 17.9. The first kappa shape index (κ1) is 18.3. The molecular formula is C25H37O2. The number of hydrogen-bond acceptors (Lipinski definition) is 1. The summed E-state index contributed by atoms with van der Waals surface area (Å²) in [5.74, 6) is 4.44. The lowest BCUT2D eigenvalue weighted by Gasteiger charge is -2.49. The quantitative estimate of drug-likeness (QED) is 0.623. The lowest BCUT2D eigenvalue weighted by molar-refractivity contribution is -0.134. The van der Waals surface area contributed by atoms with E-state index in [4.69, 9.17) is 0 Å². The van der Waals surface area contributed by atoms with Gasteiger partial charge in [0.2, 0.25) is 0 Å². The van der Waals surface area contributed by atoms with Crippen LogP contribution in [0.4, 0.5) is 0 Å². The van der Waals surface area contributed by atoms with Gasteiger partial charge in [0.05, 0.1) is 0 Å². The fourth-order valence-corrected chi connectivity index (χ4v) is 9.26. The van der Waals surface area contributed by atoms with Crippen LogP contribution >= 0.6 is 0 Å². The largest absolute Gasteiger partial charge is 0.478 e. The lowest BCUT2D eigenvalue weighted by atomic mass is 9.54. The van der Waals surface area contributed by atoms with Crippen molar-refractivity contribution in [1.29, 1.82) is 0 Å². The molecule has 1 spiro atoms. The number of hydrogen-bond donors (Lipinski definition) is 1. The highest BCUT2D eigenvalue weighted by atomic mass is 16.4. The predicted molar refractivity (Wildman–Crippen MR) is 108 cm³/mol. The van der Waals surface area contributed by atoms with Crippen molar-refractivity contribution in [1.82, 2.24) is 0 Å². The zero-order chi connectivity index (χ0) is 19.4. The van der Waals surface area contributed by atoms with E-state index in [0.29, 0.717) is 29.1 Å². The third-order valence-corrected chi connectivity index (χ3v) is 10.6. The molecule has 5 aliphatic rings. The van der Waals surface area contributed by atoms with Crippen molar-refractivity contribution in [2.45, 2.75) is 86.0 Å². The van der Waals surface area contributed by atoms with Crippen molar-refractivity contribution < 1.29 is 9.90 Å². The molecule has 0 bridgehead atoms. The molecular weight excluding hydrogens is 332 g/mol. The molecule has 2 nitrogen and oxygen atoms in total. The minimum atomic E-state index is -0.588. The van der Waals surface area contributed by atoms with E-state index >= 15 is 0 Å². The molecule has 0 heterocycles. The van der Waals surface area contributed by atoms with E-state index < -0.39 is 5.97 Å². The highest BCUT2D eigenvalue weighted by molar-refractivity contribution is 5.92. The summed E-state index contributed by atoms with van der Waals surface area (Å²) < 4.78 is 0. The number of carbonyl (C=O) groups is 1. The number of rotatable bonds is 2. The predicted octanol–water partition coefficient (Wildman–Crippen LogP) is 6.27. The summed E-state index contributed by atoms with van der Waals surface area (Å²) in [4.78, 5) is 12.7. The van der Waals surface area contributed by atoms with Gasteiger partial charge in [0.15, 0.2) is 0 Å². The fourth-order valence-electron chi connectivity index (χ4n) is 9.26. The molecule has 5 rings (SSSR count). The molecule has 4 fully saturated rings. The van der Waals surface area contributed by atoms with Crippen LogP contribution < -0.4 is 0 Å². The van der Waals surface area contributed by atoms with Gasteiger partial charge in [0.1, 0.15) is 0 Å². The summed E-state index contributed by atoms with van der Waals surface area (Å²) in [6.45, 7) is 12.1. The van der Waals surface area contributed by atoms with Gasteiger partial charge >= 0.3 is 5.97 Å². The van der Waals surface area contributed by atoms with E-state index in [1.165, 1.54) is 44.1 Å². The number of carboxylic acid groups (broad SMARTS) is 1. The second kappa shape index (κ2) is 5.42. The normalized spacial score (nSPS) is 51.5. The van der Waals surface area contributed by atoms with Crippen molar-refractivity contribution in [3.8, 4) is 0 Å². The molecule has 5 aliphatic carbocycles. The third-order valence-electron chi connectivity index (χ3n) is 10.6. The van der Waals surface area contributed by atoms with Crippen LogP contribution in [0.15, 0.2) is 11.1 Å². The molecule has 1 radical (unpaired) electrons. The molecule has 0 aromatic rings. The zero-order valence-corrected chi connectivity index (χ0v) is 17.9. The van der Waals surface area contributed by atoms with Crippen molar-refractivity contribution in [3.05, 3.63) is 17.1 Å². The average Bonchev–Trinajstić information content (AvgIpc) is 3.23. The number of carboxylic acids is 1. The van der Waals surface area contributed by atoms with Crippen molar-refractivity contribution >= 4 is 5.97 Å². The minimum absolute atomic E-state index is 0.0504. The number of aliphatic carboxylic acids is 1. The Bertz CT molecular complexity index is 720. The molecule has 0 aromatic heterocycles. The van der Waals surface area contributed by atoms with Gasteiger partial charge in [0.25, 0.3) is 0 Å². The van der Waals surface area contributed by atoms with Crippen molar-refractivity contribution in [2.24, 2.45) is 45.8 Å². The smallest absolute Gasteiger partial charge is 0.332 e. The minimum Gasteiger partial charge on any atom is -0.478 e. The van der Waals surface area contributed by atoms with Gasteiger partial charge in [-0.3, -0.25) is 0 Å². The summed E-state index contributed by atoms with van der Waals surface area (Å²) in [6, 6.07) is 0. The van der Waals surface area contributed by atoms with E-state index in [1.807, 2.05) is 0 Å². The Balaban J connectivity index is 1.66. The monoisotopic (exact) mass is 369 g/mol. The molecule has 0 aliphatic heterocycles. The van der Waals surface area contributed by atoms with E-state index in [0.717, 1.165) is 24.3 Å². The Morgan fingerprint density at radius 1 is 1.07 bits per heavy atom. The Kier molecular flexibility index (Phi) is 3.66. The molecule has 1 N–H and O–H groups in total. The van der Waals surface area contributed by atoms with Crippen LogP contribution in [0.3, 0.4) is 0 Å². The van der Waals surface area contributed by atoms with E-state index in [1.54, 1.807) is 5.92 Å². The first-order valence-electron chi connectivity index (χ1n) is 11.5. The molecule has 2 heteroatoms. The summed E-state index contributed by atoms with van der Waals surface area (Å²) in [5.41, 5.74) is 2.69. The van der Waals surface area contributed by atoms with Gasteiger partial charge in [-0.15, -0.1) is 0 Å². The van der Waals surface area contributed by atoms with Gasteiger partial charge in [-0.2, -0.15) is 0 Å². The highest BCUT2D eigenvalue weighted by Gasteiger charge is 2.73. The van der Waals surface area contributed by atoms with Gasteiger partial charge in [-0.1, -0.05) is 40.2 Å². The molecule has 0 saturated heterocycles. The van der Waals surface area contributed by atoms with Crippen LogP contribution in [0, 0.1) is 51.8 Å². The first-order valence-corrected chi connectivity index (χ1v) is 11.5. The fraction of sp³-hybridized carbons (Fsp3) is 0.840. The lowest BCUT2D eigenvalue weighted by Crippen LogP contribution is -2.42. The second-order valence-corrected chi connectivity index (χ2v) is 11.7. The van der Waals surface area contributed by atoms with Crippen LogP contribution in [-0.4, -0.2) is 11.1 Å².